The summed E-state index contributed by atoms with van der Waals surface area (Å²) in [6, 6.07) is 11.1. The van der Waals surface area contributed by atoms with Gasteiger partial charge in [-0.25, -0.2) is 8.42 Å². The summed E-state index contributed by atoms with van der Waals surface area (Å²) >= 11 is 0. The first-order valence-corrected chi connectivity index (χ1v) is 14.5. The van der Waals surface area contributed by atoms with Crippen LogP contribution in [-0.4, -0.2) is 77.7 Å². The molecule has 218 valence electrons. The van der Waals surface area contributed by atoms with E-state index in [2.05, 4.69) is 23.8 Å². The van der Waals surface area contributed by atoms with Crippen LogP contribution in [0.5, 0.6) is 5.75 Å². The first kappa shape index (κ1) is 32.5. The number of sulfonamides is 1. The number of hydrogen-bond acceptors (Lipinski definition) is 7. The molecule has 0 aliphatic heterocycles. The Balaban J connectivity index is 2.38. The summed E-state index contributed by atoms with van der Waals surface area (Å²) < 4.78 is 36.5. The Morgan fingerprint density at radius 2 is 1.77 bits per heavy atom. The number of aliphatic hydroxyl groups is 1. The van der Waals surface area contributed by atoms with E-state index in [1.807, 2.05) is 18.2 Å². The maximum Gasteiger partial charge on any atom is 0.251 e. The predicted octanol–water partition coefficient (Wildman–Crippen LogP) is 2.23. The van der Waals surface area contributed by atoms with Gasteiger partial charge in [0.15, 0.2) is 0 Å². The molecule has 0 fully saturated rings. The van der Waals surface area contributed by atoms with Crippen molar-refractivity contribution in [3.63, 3.8) is 0 Å². The minimum atomic E-state index is -3.58. The van der Waals surface area contributed by atoms with Crippen LogP contribution in [-0.2, 0) is 32.4 Å². The summed E-state index contributed by atoms with van der Waals surface area (Å²) in [6.07, 6.45) is 3.24. The highest BCUT2D eigenvalue weighted by Gasteiger charge is 2.29. The smallest absolute Gasteiger partial charge is 0.251 e. The van der Waals surface area contributed by atoms with Gasteiger partial charge in [-0.1, -0.05) is 24.3 Å². The van der Waals surface area contributed by atoms with E-state index < -0.39 is 40.1 Å². The van der Waals surface area contributed by atoms with Crippen LogP contribution in [0, 0.1) is 0 Å². The van der Waals surface area contributed by atoms with Gasteiger partial charge in [0.2, 0.25) is 15.9 Å². The van der Waals surface area contributed by atoms with Crippen molar-refractivity contribution in [3.05, 3.63) is 84.5 Å². The molecule has 3 atom stereocenters. The molecular formula is C29H39N3O7S. The summed E-state index contributed by atoms with van der Waals surface area (Å²) in [5.74, 6) is -0.447. The van der Waals surface area contributed by atoms with Gasteiger partial charge < -0.3 is 25.2 Å². The summed E-state index contributed by atoms with van der Waals surface area (Å²) in [5, 5.41) is 16.4. The molecular weight excluding hydrogens is 534 g/mol. The van der Waals surface area contributed by atoms with Gasteiger partial charge in [0.1, 0.15) is 18.5 Å². The number of carbonyl (C=O) groups excluding carboxylic acids is 2. The fraction of sp³-hybridized carbons (Fsp3) is 0.379. The van der Waals surface area contributed by atoms with Crippen molar-refractivity contribution >= 4 is 27.5 Å². The number of benzene rings is 2. The van der Waals surface area contributed by atoms with E-state index in [1.54, 1.807) is 30.4 Å². The Hall–Kier alpha value is -3.67. The van der Waals surface area contributed by atoms with Crippen LogP contribution in [0.1, 0.15) is 27.9 Å². The molecule has 0 aliphatic carbocycles. The third kappa shape index (κ3) is 9.51. The highest BCUT2D eigenvalue weighted by Crippen LogP contribution is 2.22. The summed E-state index contributed by atoms with van der Waals surface area (Å²) in [4.78, 5) is 25.6. The highest BCUT2D eigenvalue weighted by atomic mass is 32.2. The Morgan fingerprint density at radius 3 is 2.38 bits per heavy atom. The third-order valence-electron chi connectivity index (χ3n) is 6.25. The molecule has 2 aromatic rings. The monoisotopic (exact) mass is 573 g/mol. The average molecular weight is 574 g/mol. The number of nitrogens with one attached hydrogen (secondary N) is 2. The number of likely N-dealkylation sites (N-methyl/N-ethyl adjacent to an activating group) is 1. The number of carbonyl (C=O) groups is 2. The molecule has 0 heterocycles. The Kier molecular flexibility index (Phi) is 12.4. The molecule has 3 N–H and O–H groups in total. The maximum atomic E-state index is 13.4. The Labute approximate surface area is 236 Å². The lowest BCUT2D eigenvalue weighted by atomic mass is 10.0. The van der Waals surface area contributed by atoms with Gasteiger partial charge in [-0.15, -0.1) is 13.2 Å². The zero-order chi connectivity index (χ0) is 29.9. The standard InChI is InChI=1S/C29H39N3O7S/c1-7-10-20-12-9-13-24(16-20)39-19-25(26(33)18-27(38-5)29(35)30-3)31-28(34)22-14-21(11-8-2)15-23(17-22)32(4)40(6,36)37/h7-9,12-17,25-27,33H,1-2,10-11,18-19H2,3-6H3,(H,30,35)(H,31,34)/t25-,26-,27+/m0/s1. The molecule has 0 spiro atoms. The molecule has 0 saturated carbocycles. The molecule has 0 unspecified atom stereocenters. The summed E-state index contributed by atoms with van der Waals surface area (Å²) in [5.41, 5.74) is 2.15. The molecule has 0 aromatic heterocycles. The Bertz CT molecular complexity index is 1300. The van der Waals surface area contributed by atoms with Gasteiger partial charge >= 0.3 is 0 Å². The minimum Gasteiger partial charge on any atom is -0.491 e. The number of amides is 2. The predicted molar refractivity (Wildman–Crippen MR) is 156 cm³/mol. The van der Waals surface area contributed by atoms with Crippen molar-refractivity contribution in [1.82, 2.24) is 10.6 Å². The van der Waals surface area contributed by atoms with Gasteiger partial charge in [-0.2, -0.15) is 0 Å². The molecule has 2 amide bonds. The molecule has 10 nitrogen and oxygen atoms in total. The molecule has 40 heavy (non-hydrogen) atoms. The van der Waals surface area contributed by atoms with Gasteiger partial charge in [0.25, 0.3) is 5.91 Å². The zero-order valence-corrected chi connectivity index (χ0v) is 24.2. The second kappa shape index (κ2) is 15.2. The molecule has 2 rings (SSSR count). The van der Waals surface area contributed by atoms with Crippen molar-refractivity contribution in [3.8, 4) is 5.75 Å². The summed E-state index contributed by atoms with van der Waals surface area (Å²) in [7, 11) is 0.627. The lowest BCUT2D eigenvalue weighted by molar-refractivity contribution is -0.132. The number of nitrogens with zero attached hydrogens (tertiary/aromatic N) is 1. The van der Waals surface area contributed by atoms with Gasteiger partial charge in [-0.3, -0.25) is 13.9 Å². The van der Waals surface area contributed by atoms with E-state index in [-0.39, 0.29) is 18.6 Å². The first-order valence-electron chi connectivity index (χ1n) is 12.7. The third-order valence-corrected chi connectivity index (χ3v) is 7.45. The van der Waals surface area contributed by atoms with Crippen LogP contribution in [0.2, 0.25) is 0 Å². The van der Waals surface area contributed by atoms with E-state index in [0.717, 1.165) is 16.1 Å². The van der Waals surface area contributed by atoms with Crippen molar-refractivity contribution < 1.29 is 32.6 Å². The first-order chi connectivity index (χ1) is 18.9. The van der Waals surface area contributed by atoms with Crippen molar-refractivity contribution in [2.75, 3.05) is 38.4 Å². The van der Waals surface area contributed by atoms with Gasteiger partial charge in [0, 0.05) is 33.2 Å². The average Bonchev–Trinajstić information content (AvgIpc) is 2.92. The number of allylic oxidation sites excluding steroid dienone is 2. The van der Waals surface area contributed by atoms with Crippen molar-refractivity contribution in [1.29, 1.82) is 0 Å². The zero-order valence-electron chi connectivity index (χ0n) is 23.4. The van der Waals surface area contributed by atoms with Gasteiger partial charge in [-0.05, 0) is 54.3 Å². The van der Waals surface area contributed by atoms with Crippen LogP contribution in [0.4, 0.5) is 5.69 Å². The highest BCUT2D eigenvalue weighted by molar-refractivity contribution is 7.92. The van der Waals surface area contributed by atoms with Crippen LogP contribution in [0.25, 0.3) is 0 Å². The number of anilines is 1. The van der Waals surface area contributed by atoms with Crippen molar-refractivity contribution in [2.24, 2.45) is 0 Å². The van der Waals surface area contributed by atoms with Crippen LogP contribution < -0.4 is 19.7 Å². The number of rotatable bonds is 16. The van der Waals surface area contributed by atoms with Crippen LogP contribution >= 0.6 is 0 Å². The van der Waals surface area contributed by atoms with Gasteiger partial charge in [0.05, 0.1) is 24.1 Å². The largest absolute Gasteiger partial charge is 0.491 e. The number of ether oxygens (including phenoxy) is 2. The molecule has 2 aromatic carbocycles. The Morgan fingerprint density at radius 1 is 1.10 bits per heavy atom. The lowest BCUT2D eigenvalue weighted by Gasteiger charge is -2.27. The van der Waals surface area contributed by atoms with E-state index >= 15 is 0 Å². The quantitative estimate of drug-likeness (QED) is 0.262. The molecule has 0 aliphatic rings. The fourth-order valence-corrected chi connectivity index (χ4v) is 4.42. The van der Waals surface area contributed by atoms with E-state index in [4.69, 9.17) is 9.47 Å². The second-order valence-corrected chi connectivity index (χ2v) is 11.3. The second-order valence-electron chi connectivity index (χ2n) is 9.28. The maximum absolute atomic E-state index is 13.4. The number of methoxy groups -OCH3 is 1. The van der Waals surface area contributed by atoms with E-state index in [1.165, 1.54) is 27.3 Å². The topological polar surface area (TPSA) is 134 Å². The minimum absolute atomic E-state index is 0.112. The molecule has 0 saturated heterocycles. The fourth-order valence-electron chi connectivity index (χ4n) is 3.93. The number of hydrogen-bond donors (Lipinski definition) is 3. The van der Waals surface area contributed by atoms with E-state index in [9.17, 15) is 23.1 Å². The van der Waals surface area contributed by atoms with E-state index in [0.29, 0.717) is 29.8 Å². The molecule has 11 heteroatoms. The molecule has 0 radical (unpaired) electrons. The SMILES string of the molecule is C=CCc1cccc(OC[C@H](NC(=O)c2cc(CC=C)cc(N(C)S(C)(=O)=O)c2)[C@@H](O)C[C@@H](OC)C(=O)NC)c1. The molecule has 0 bridgehead atoms. The lowest BCUT2D eigenvalue weighted by Crippen LogP contribution is -2.49. The summed E-state index contributed by atoms with van der Waals surface area (Å²) in [6.45, 7) is 7.35. The van der Waals surface area contributed by atoms with Crippen LogP contribution in [0.15, 0.2) is 67.8 Å². The van der Waals surface area contributed by atoms with Crippen molar-refractivity contribution in [2.45, 2.75) is 37.5 Å². The van der Waals surface area contributed by atoms with Crippen LogP contribution in [0.3, 0.4) is 0 Å². The number of aliphatic hydroxyl groups excluding tert-OH is 1. The normalized spacial score (nSPS) is 13.4.